The second-order valence-electron chi connectivity index (χ2n) is 8.82. The number of fused-ring (bicyclic) bond motifs is 1. The molecule has 0 atom stereocenters. The summed E-state index contributed by atoms with van der Waals surface area (Å²) in [5.74, 6) is -0.0491. The fourth-order valence-corrected chi connectivity index (χ4v) is 4.32. The molecule has 3 aromatic heterocycles. The number of rotatable bonds is 10. The molecule has 2 aromatic carbocycles. The molecule has 0 radical (unpaired) electrons. The van der Waals surface area contributed by atoms with Crippen molar-refractivity contribution in [3.63, 3.8) is 0 Å². The highest BCUT2D eigenvalue weighted by Crippen LogP contribution is 2.24. The number of hydrogen-bond acceptors (Lipinski definition) is 4. The minimum absolute atomic E-state index is 0.0491. The number of anilines is 1. The number of H-pyrrole nitrogens is 1. The fourth-order valence-electron chi connectivity index (χ4n) is 4.32. The number of amides is 1. The van der Waals surface area contributed by atoms with Crippen LogP contribution in [0, 0.1) is 0 Å². The SMILES string of the molecule is O=C(Cc1cc(NCCCc2ccccc2)cnc1-c1ccccc1)NCc1cc2cnccc2[nH]1. The fraction of sp³-hybridized carbons (Fsp3) is 0.167. The monoisotopic (exact) mass is 475 g/mol. The van der Waals surface area contributed by atoms with Gasteiger partial charge in [0.05, 0.1) is 30.5 Å². The predicted molar refractivity (Wildman–Crippen MR) is 145 cm³/mol. The van der Waals surface area contributed by atoms with Gasteiger partial charge in [0, 0.05) is 41.1 Å². The van der Waals surface area contributed by atoms with Gasteiger partial charge in [0.1, 0.15) is 0 Å². The van der Waals surface area contributed by atoms with Crippen molar-refractivity contribution in [2.24, 2.45) is 0 Å². The van der Waals surface area contributed by atoms with Crippen molar-refractivity contribution >= 4 is 22.5 Å². The van der Waals surface area contributed by atoms with Gasteiger partial charge in [0.25, 0.3) is 0 Å². The quantitative estimate of drug-likeness (QED) is 0.232. The summed E-state index contributed by atoms with van der Waals surface area (Å²) in [6.45, 7) is 1.27. The van der Waals surface area contributed by atoms with Gasteiger partial charge in [0.15, 0.2) is 0 Å². The molecule has 0 unspecified atom stereocenters. The maximum atomic E-state index is 12.9. The molecular formula is C30H29N5O. The number of benzene rings is 2. The Bertz CT molecular complexity index is 1400. The third-order valence-electron chi connectivity index (χ3n) is 6.13. The van der Waals surface area contributed by atoms with Crippen molar-refractivity contribution in [1.82, 2.24) is 20.3 Å². The molecule has 5 aromatic rings. The summed E-state index contributed by atoms with van der Waals surface area (Å²) in [5.41, 5.74) is 6.94. The summed E-state index contributed by atoms with van der Waals surface area (Å²) in [7, 11) is 0. The van der Waals surface area contributed by atoms with E-state index in [9.17, 15) is 4.79 Å². The van der Waals surface area contributed by atoms with Crippen LogP contribution >= 0.6 is 0 Å². The molecule has 180 valence electrons. The lowest BCUT2D eigenvalue weighted by Crippen LogP contribution is -2.25. The molecular weight excluding hydrogens is 446 g/mol. The number of pyridine rings is 2. The van der Waals surface area contributed by atoms with Crippen LogP contribution in [0.5, 0.6) is 0 Å². The Morgan fingerprint density at radius 3 is 2.53 bits per heavy atom. The van der Waals surface area contributed by atoms with E-state index >= 15 is 0 Å². The maximum Gasteiger partial charge on any atom is 0.224 e. The number of carbonyl (C=O) groups excluding carboxylic acids is 1. The molecule has 0 aliphatic carbocycles. The number of aryl methyl sites for hydroxylation is 1. The van der Waals surface area contributed by atoms with E-state index in [0.717, 1.165) is 58.5 Å². The molecule has 5 rings (SSSR count). The summed E-state index contributed by atoms with van der Waals surface area (Å²) in [6.07, 6.45) is 7.70. The van der Waals surface area contributed by atoms with Crippen LogP contribution in [0.15, 0.2) is 97.5 Å². The van der Waals surface area contributed by atoms with Crippen molar-refractivity contribution in [2.75, 3.05) is 11.9 Å². The highest BCUT2D eigenvalue weighted by molar-refractivity contribution is 5.82. The van der Waals surface area contributed by atoms with E-state index in [4.69, 9.17) is 4.98 Å². The van der Waals surface area contributed by atoms with Crippen LogP contribution in [-0.2, 0) is 24.2 Å². The minimum atomic E-state index is -0.0491. The first-order chi connectivity index (χ1) is 17.7. The van der Waals surface area contributed by atoms with Gasteiger partial charge < -0.3 is 15.6 Å². The third kappa shape index (κ3) is 5.96. The van der Waals surface area contributed by atoms with Crippen molar-refractivity contribution in [3.05, 3.63) is 114 Å². The lowest BCUT2D eigenvalue weighted by Gasteiger charge is -2.13. The van der Waals surface area contributed by atoms with Crippen molar-refractivity contribution in [3.8, 4) is 11.3 Å². The highest BCUT2D eigenvalue weighted by atomic mass is 16.1. The number of carbonyl (C=O) groups is 1. The van der Waals surface area contributed by atoms with Crippen LogP contribution in [0.3, 0.4) is 0 Å². The molecule has 0 aliphatic heterocycles. The second-order valence-corrected chi connectivity index (χ2v) is 8.82. The number of aromatic nitrogens is 3. The molecule has 36 heavy (non-hydrogen) atoms. The van der Waals surface area contributed by atoms with Crippen LogP contribution in [0.25, 0.3) is 22.2 Å². The third-order valence-corrected chi connectivity index (χ3v) is 6.13. The van der Waals surface area contributed by atoms with Crippen molar-refractivity contribution < 1.29 is 4.79 Å². The molecule has 6 heteroatoms. The average Bonchev–Trinajstić information content (AvgIpc) is 3.34. The summed E-state index contributed by atoms with van der Waals surface area (Å²) < 4.78 is 0. The zero-order valence-corrected chi connectivity index (χ0v) is 20.1. The van der Waals surface area contributed by atoms with Crippen LogP contribution in [0.1, 0.15) is 23.2 Å². The first kappa shape index (κ1) is 23.3. The lowest BCUT2D eigenvalue weighted by atomic mass is 10.0. The van der Waals surface area contributed by atoms with Crippen LogP contribution in [0.4, 0.5) is 5.69 Å². The molecule has 1 amide bonds. The van der Waals surface area contributed by atoms with E-state index in [2.05, 4.69) is 44.9 Å². The smallest absolute Gasteiger partial charge is 0.224 e. The Hall–Kier alpha value is -4.45. The summed E-state index contributed by atoms with van der Waals surface area (Å²) in [4.78, 5) is 25.1. The molecule has 0 saturated heterocycles. The molecule has 6 nitrogen and oxygen atoms in total. The Morgan fingerprint density at radius 1 is 0.917 bits per heavy atom. The van der Waals surface area contributed by atoms with E-state index in [0.29, 0.717) is 6.54 Å². The summed E-state index contributed by atoms with van der Waals surface area (Å²) >= 11 is 0. The Balaban J connectivity index is 1.25. The Morgan fingerprint density at radius 2 is 1.72 bits per heavy atom. The molecule has 0 fully saturated rings. The number of aromatic amines is 1. The predicted octanol–water partition coefficient (Wildman–Crippen LogP) is 5.53. The van der Waals surface area contributed by atoms with Gasteiger partial charge in [-0.1, -0.05) is 60.7 Å². The first-order valence-corrected chi connectivity index (χ1v) is 12.2. The molecule has 0 saturated carbocycles. The van der Waals surface area contributed by atoms with E-state index in [-0.39, 0.29) is 12.3 Å². The van der Waals surface area contributed by atoms with Gasteiger partial charge in [-0.05, 0) is 42.2 Å². The molecule has 0 spiro atoms. The molecule has 3 N–H and O–H groups in total. The number of hydrogen-bond donors (Lipinski definition) is 3. The molecule has 0 aliphatic rings. The van der Waals surface area contributed by atoms with Gasteiger partial charge in [-0.2, -0.15) is 0 Å². The zero-order valence-electron chi connectivity index (χ0n) is 20.1. The summed E-state index contributed by atoms with van der Waals surface area (Å²) in [6, 6.07) is 26.5. The van der Waals surface area contributed by atoms with Gasteiger partial charge in [-0.15, -0.1) is 0 Å². The Kier molecular flexibility index (Phi) is 7.32. The van der Waals surface area contributed by atoms with Crippen LogP contribution in [-0.4, -0.2) is 27.4 Å². The highest BCUT2D eigenvalue weighted by Gasteiger charge is 2.13. The van der Waals surface area contributed by atoms with Gasteiger partial charge in [0.2, 0.25) is 5.91 Å². The van der Waals surface area contributed by atoms with Gasteiger partial charge in [-0.25, -0.2) is 0 Å². The topological polar surface area (TPSA) is 82.7 Å². The average molecular weight is 476 g/mol. The minimum Gasteiger partial charge on any atom is -0.384 e. The van der Waals surface area contributed by atoms with E-state index < -0.39 is 0 Å². The number of nitrogens with zero attached hydrogens (tertiary/aromatic N) is 2. The van der Waals surface area contributed by atoms with Crippen LogP contribution in [0.2, 0.25) is 0 Å². The number of nitrogens with one attached hydrogen (secondary N) is 3. The largest absolute Gasteiger partial charge is 0.384 e. The molecule has 3 heterocycles. The van der Waals surface area contributed by atoms with E-state index in [1.165, 1.54) is 5.56 Å². The van der Waals surface area contributed by atoms with Crippen molar-refractivity contribution in [2.45, 2.75) is 25.8 Å². The van der Waals surface area contributed by atoms with Gasteiger partial charge in [-0.3, -0.25) is 14.8 Å². The second kappa shape index (κ2) is 11.3. The lowest BCUT2D eigenvalue weighted by molar-refractivity contribution is -0.120. The zero-order chi connectivity index (χ0) is 24.6. The standard InChI is InChI=1S/C30H29N5O/c36-29(33-21-27-17-25-19-31-15-13-28(25)35-27)18-24-16-26(20-34-30(24)23-11-5-2-6-12-23)32-14-7-10-22-8-3-1-4-9-22/h1-6,8-9,11-13,15-17,19-20,32,35H,7,10,14,18,21H2,(H,33,36). The van der Waals surface area contributed by atoms with E-state index in [1.54, 1.807) is 6.20 Å². The summed E-state index contributed by atoms with van der Waals surface area (Å²) in [5, 5.41) is 7.54. The normalized spacial score (nSPS) is 10.9. The first-order valence-electron chi connectivity index (χ1n) is 12.2. The van der Waals surface area contributed by atoms with Crippen molar-refractivity contribution in [1.29, 1.82) is 0 Å². The molecule has 0 bridgehead atoms. The van der Waals surface area contributed by atoms with Crippen LogP contribution < -0.4 is 10.6 Å². The van der Waals surface area contributed by atoms with E-state index in [1.807, 2.05) is 67.0 Å². The van der Waals surface area contributed by atoms with Gasteiger partial charge >= 0.3 is 0 Å². The maximum absolute atomic E-state index is 12.9. The Labute approximate surface area is 210 Å².